The van der Waals surface area contributed by atoms with E-state index in [1.807, 2.05) is 6.92 Å². The van der Waals surface area contributed by atoms with E-state index in [1.54, 1.807) is 6.92 Å². The average Bonchev–Trinajstić information content (AvgIpc) is 2.97. The lowest BCUT2D eigenvalue weighted by Gasteiger charge is -2.11. The fourth-order valence-corrected chi connectivity index (χ4v) is 1.57. The summed E-state index contributed by atoms with van der Waals surface area (Å²) in [5, 5.41) is 20.1. The fraction of sp³-hybridized carbons (Fsp3) is 0.444. The molecule has 1 amide bonds. The maximum atomic E-state index is 12.1. The molecule has 9 nitrogen and oxygen atoms in total. The van der Waals surface area contributed by atoms with Crippen molar-refractivity contribution in [2.24, 2.45) is 0 Å². The molecular weight excluding hydrogens is 236 g/mol. The summed E-state index contributed by atoms with van der Waals surface area (Å²) in [6, 6.07) is -0.365. The van der Waals surface area contributed by atoms with Gasteiger partial charge in [0.1, 0.15) is 5.69 Å². The fourth-order valence-electron chi connectivity index (χ4n) is 1.57. The Morgan fingerprint density at radius 2 is 2.44 bits per heavy atom. The quantitative estimate of drug-likeness (QED) is 0.670. The highest BCUT2D eigenvalue weighted by Gasteiger charge is 2.20. The molecule has 1 unspecified atom stereocenters. The van der Waals surface area contributed by atoms with Crippen LogP contribution < -0.4 is 11.1 Å². The zero-order valence-corrected chi connectivity index (χ0v) is 10.1. The average molecular weight is 250 g/mol. The minimum absolute atomic E-state index is 0.316. The Bertz CT molecular complexity index is 531. The number of hydrogen-bond donors (Lipinski definition) is 3. The molecule has 0 radical (unpaired) electrons. The summed E-state index contributed by atoms with van der Waals surface area (Å²) >= 11 is 0. The Morgan fingerprint density at radius 1 is 1.67 bits per heavy atom. The van der Waals surface area contributed by atoms with Gasteiger partial charge in [0.05, 0.1) is 17.9 Å². The van der Waals surface area contributed by atoms with Crippen LogP contribution in [0.15, 0.2) is 6.20 Å². The number of amides is 1. The summed E-state index contributed by atoms with van der Waals surface area (Å²) in [7, 11) is 0. The predicted molar refractivity (Wildman–Crippen MR) is 62.4 cm³/mol. The highest BCUT2D eigenvalue weighted by molar-refractivity contribution is 5.97. The molecule has 0 fully saturated rings. The zero-order valence-electron chi connectivity index (χ0n) is 10.1. The number of aryl methyl sites for hydroxylation is 1. The second kappa shape index (κ2) is 4.82. The minimum atomic E-state index is -0.365. The molecule has 2 aromatic rings. The van der Waals surface area contributed by atoms with Crippen molar-refractivity contribution >= 4 is 11.6 Å². The van der Waals surface area contributed by atoms with E-state index in [1.165, 1.54) is 10.9 Å². The van der Waals surface area contributed by atoms with Crippen LogP contribution in [-0.2, 0) is 6.54 Å². The van der Waals surface area contributed by atoms with E-state index in [0.717, 1.165) is 0 Å². The molecule has 0 aliphatic heterocycles. The van der Waals surface area contributed by atoms with Gasteiger partial charge in [0.2, 0.25) is 0 Å². The van der Waals surface area contributed by atoms with Crippen molar-refractivity contribution in [3.05, 3.63) is 17.7 Å². The number of nitrogens with two attached hydrogens (primary N) is 1. The molecule has 9 heteroatoms. The third-order valence-corrected chi connectivity index (χ3v) is 2.48. The number of aromatic amines is 1. The van der Waals surface area contributed by atoms with Crippen LogP contribution >= 0.6 is 0 Å². The van der Waals surface area contributed by atoms with Crippen LogP contribution in [-0.4, -0.2) is 36.3 Å². The van der Waals surface area contributed by atoms with Gasteiger partial charge in [0, 0.05) is 6.54 Å². The molecule has 0 saturated heterocycles. The van der Waals surface area contributed by atoms with Crippen LogP contribution in [0.25, 0.3) is 0 Å². The van der Waals surface area contributed by atoms with Gasteiger partial charge in [-0.1, -0.05) is 5.21 Å². The number of carbonyl (C=O) groups excluding carboxylic acids is 1. The highest BCUT2D eigenvalue weighted by atomic mass is 16.2. The molecule has 18 heavy (non-hydrogen) atoms. The number of nitrogens with zero attached hydrogens (tertiary/aromatic N) is 5. The number of H-pyrrole nitrogens is 1. The van der Waals surface area contributed by atoms with Crippen LogP contribution in [0.5, 0.6) is 0 Å². The highest BCUT2D eigenvalue weighted by Crippen LogP contribution is 2.12. The first-order chi connectivity index (χ1) is 8.63. The van der Waals surface area contributed by atoms with Crippen molar-refractivity contribution in [2.75, 3.05) is 5.73 Å². The molecular formula is C9H14N8O. The van der Waals surface area contributed by atoms with Crippen LogP contribution in [0.4, 0.5) is 5.69 Å². The number of aromatic nitrogens is 6. The maximum Gasteiger partial charge on any atom is 0.272 e. The SMILES string of the molecule is CCn1ncc(N)c1C(=O)NC(C)c1nn[nH]n1. The van der Waals surface area contributed by atoms with Gasteiger partial charge in [0.15, 0.2) is 5.82 Å². The van der Waals surface area contributed by atoms with E-state index >= 15 is 0 Å². The summed E-state index contributed by atoms with van der Waals surface area (Å²) in [5.74, 6) is 0.0913. The Morgan fingerprint density at radius 3 is 3.06 bits per heavy atom. The Balaban J connectivity index is 2.15. The van der Waals surface area contributed by atoms with Gasteiger partial charge in [-0.25, -0.2) is 0 Å². The van der Waals surface area contributed by atoms with Gasteiger partial charge in [0.25, 0.3) is 5.91 Å². The predicted octanol–water partition coefficient (Wildman–Crippen LogP) is -0.511. The van der Waals surface area contributed by atoms with Gasteiger partial charge in [-0.15, -0.1) is 10.2 Å². The van der Waals surface area contributed by atoms with E-state index in [2.05, 4.69) is 31.0 Å². The van der Waals surface area contributed by atoms with Crippen molar-refractivity contribution in [2.45, 2.75) is 26.4 Å². The lowest BCUT2D eigenvalue weighted by molar-refractivity contribution is 0.0928. The molecule has 1 atom stereocenters. The van der Waals surface area contributed by atoms with Crippen LogP contribution in [0.1, 0.15) is 36.2 Å². The normalized spacial score (nSPS) is 12.3. The summed E-state index contributed by atoms with van der Waals surface area (Å²) in [4.78, 5) is 12.1. The molecule has 0 aromatic carbocycles. The molecule has 2 rings (SSSR count). The maximum absolute atomic E-state index is 12.1. The van der Waals surface area contributed by atoms with Crippen molar-refractivity contribution in [1.29, 1.82) is 0 Å². The number of anilines is 1. The molecule has 2 heterocycles. The molecule has 0 saturated carbocycles. The lowest BCUT2D eigenvalue weighted by Crippen LogP contribution is -2.30. The second-order valence-corrected chi connectivity index (χ2v) is 3.73. The first-order valence-corrected chi connectivity index (χ1v) is 5.49. The number of rotatable bonds is 4. The van der Waals surface area contributed by atoms with Crippen molar-refractivity contribution in [1.82, 2.24) is 35.7 Å². The van der Waals surface area contributed by atoms with Gasteiger partial charge >= 0.3 is 0 Å². The minimum Gasteiger partial charge on any atom is -0.396 e. The Labute approximate surface area is 103 Å². The topological polar surface area (TPSA) is 127 Å². The number of tetrazole rings is 1. The summed E-state index contributed by atoms with van der Waals surface area (Å²) in [5.41, 5.74) is 6.40. The van der Waals surface area contributed by atoms with Crippen molar-refractivity contribution in [3.8, 4) is 0 Å². The molecule has 96 valence electrons. The molecule has 2 aromatic heterocycles. The number of nitrogens with one attached hydrogen (secondary N) is 2. The largest absolute Gasteiger partial charge is 0.396 e. The van der Waals surface area contributed by atoms with Gasteiger partial charge in [-0.3, -0.25) is 9.48 Å². The van der Waals surface area contributed by atoms with Crippen LogP contribution in [0, 0.1) is 0 Å². The lowest BCUT2D eigenvalue weighted by atomic mass is 10.3. The Hall–Kier alpha value is -2.45. The molecule has 0 aliphatic rings. The summed E-state index contributed by atoms with van der Waals surface area (Å²) < 4.78 is 1.54. The van der Waals surface area contributed by atoms with Crippen LogP contribution in [0.2, 0.25) is 0 Å². The first kappa shape index (κ1) is 12.0. The first-order valence-electron chi connectivity index (χ1n) is 5.49. The monoisotopic (exact) mass is 250 g/mol. The van der Waals surface area contributed by atoms with E-state index in [0.29, 0.717) is 23.8 Å². The van der Waals surface area contributed by atoms with E-state index in [-0.39, 0.29) is 11.9 Å². The molecule has 4 N–H and O–H groups in total. The van der Waals surface area contributed by atoms with Gasteiger partial charge < -0.3 is 11.1 Å². The van der Waals surface area contributed by atoms with Crippen molar-refractivity contribution in [3.63, 3.8) is 0 Å². The van der Waals surface area contributed by atoms with Gasteiger partial charge in [-0.2, -0.15) is 10.3 Å². The van der Waals surface area contributed by atoms with Crippen LogP contribution in [0.3, 0.4) is 0 Å². The molecule has 0 spiro atoms. The smallest absolute Gasteiger partial charge is 0.272 e. The standard InChI is InChI=1S/C9H14N8O/c1-3-17-7(6(10)4-11-17)9(18)12-5(2)8-13-15-16-14-8/h4-5H,3,10H2,1-2H3,(H,12,18)(H,13,14,15,16). The number of hydrogen-bond acceptors (Lipinski definition) is 6. The van der Waals surface area contributed by atoms with E-state index in [4.69, 9.17) is 5.73 Å². The third kappa shape index (κ3) is 2.14. The number of nitrogen functional groups attached to an aromatic ring is 1. The summed E-state index contributed by atoms with van der Waals surface area (Å²) in [6.45, 7) is 4.20. The Kier molecular flexibility index (Phi) is 3.22. The zero-order chi connectivity index (χ0) is 13.1. The number of carbonyl (C=O) groups is 1. The summed E-state index contributed by atoms with van der Waals surface area (Å²) in [6.07, 6.45) is 1.46. The molecule has 0 aliphatic carbocycles. The third-order valence-electron chi connectivity index (χ3n) is 2.48. The second-order valence-electron chi connectivity index (χ2n) is 3.73. The van der Waals surface area contributed by atoms with Crippen molar-refractivity contribution < 1.29 is 4.79 Å². The van der Waals surface area contributed by atoms with Gasteiger partial charge in [-0.05, 0) is 13.8 Å². The van der Waals surface area contributed by atoms with E-state index < -0.39 is 0 Å². The molecule has 0 bridgehead atoms. The van der Waals surface area contributed by atoms with E-state index in [9.17, 15) is 4.79 Å².